The summed E-state index contributed by atoms with van der Waals surface area (Å²) in [5.74, 6) is -0.372. The number of esters is 1. The third-order valence-corrected chi connectivity index (χ3v) is 13.8. The van der Waals surface area contributed by atoms with Gasteiger partial charge in [-0.15, -0.1) is 0 Å². The van der Waals surface area contributed by atoms with Crippen LogP contribution in [0.4, 0.5) is 0 Å². The first-order valence-corrected chi connectivity index (χ1v) is 28.3. The fourth-order valence-corrected chi connectivity index (χ4v) is 9.16. The third-order valence-electron chi connectivity index (χ3n) is 13.8. The first-order valence-electron chi connectivity index (χ1n) is 28.3. The van der Waals surface area contributed by atoms with Gasteiger partial charge >= 0.3 is 5.97 Å². The van der Waals surface area contributed by atoms with Gasteiger partial charge in [-0.25, -0.2) is 0 Å². The van der Waals surface area contributed by atoms with Gasteiger partial charge in [-0.05, 0) is 38.5 Å². The number of unbranched alkanes of at least 4 members (excludes halogenated alkanes) is 30. The van der Waals surface area contributed by atoms with E-state index < -0.39 is 80.7 Å². The summed E-state index contributed by atoms with van der Waals surface area (Å²) in [6.07, 6.45) is 29.8. The zero-order valence-corrected chi connectivity index (χ0v) is 43.6. The van der Waals surface area contributed by atoms with Gasteiger partial charge in [0.25, 0.3) is 0 Å². The van der Waals surface area contributed by atoms with Crippen LogP contribution >= 0.6 is 0 Å². The molecule has 0 aromatic carbocycles. The van der Waals surface area contributed by atoms with Gasteiger partial charge in [0, 0.05) is 13.0 Å². The van der Waals surface area contributed by atoms with E-state index in [2.05, 4.69) is 26.0 Å². The standard InChI is InChI=1S/C55H104O14/c1-3-5-7-9-11-13-15-17-19-21-22-23-25-27-29-31-33-35-37-39-64-41-44(67-47(57)38-36-34-32-30-28-26-24-20-18-16-14-12-10-8-6-4-2)42-65-54-53(63)51(61)49(59)46(69-54)43-66-55-52(62)50(60)48(58)45(40-56)68-55/h19,21,44-46,48-56,58-63H,3-18,20,22-43H2,1-2H3/b21-19-. The van der Waals surface area contributed by atoms with Crippen LogP contribution in [0.1, 0.15) is 232 Å². The summed E-state index contributed by atoms with van der Waals surface area (Å²) in [7, 11) is 0. The van der Waals surface area contributed by atoms with Crippen molar-refractivity contribution in [2.24, 2.45) is 0 Å². The van der Waals surface area contributed by atoms with Crippen molar-refractivity contribution in [2.45, 2.75) is 300 Å². The SMILES string of the molecule is CCCCCCCCC/C=C\CCCCCCCCCCOCC(COC1OC(COC2OC(CO)C(O)C(O)C2O)C(O)C(O)C1O)OC(=O)CCCCCCCCCCCCCCCCCC. The average Bonchev–Trinajstić information content (AvgIpc) is 3.35. The molecule has 11 atom stereocenters. The van der Waals surface area contributed by atoms with Gasteiger partial charge in [0.2, 0.25) is 0 Å². The number of ether oxygens (including phenoxy) is 6. The van der Waals surface area contributed by atoms with Gasteiger partial charge < -0.3 is 64.2 Å². The van der Waals surface area contributed by atoms with E-state index in [9.17, 15) is 40.5 Å². The number of aliphatic hydroxyl groups excluding tert-OH is 7. The average molecular weight is 989 g/mol. The summed E-state index contributed by atoms with van der Waals surface area (Å²) in [5.41, 5.74) is 0. The molecule has 0 aliphatic carbocycles. The van der Waals surface area contributed by atoms with Gasteiger partial charge in [-0.1, -0.05) is 199 Å². The maximum Gasteiger partial charge on any atom is 0.306 e. The first-order chi connectivity index (χ1) is 33.6. The van der Waals surface area contributed by atoms with Crippen molar-refractivity contribution < 1.29 is 69.0 Å². The van der Waals surface area contributed by atoms with Gasteiger partial charge in [-0.3, -0.25) is 4.79 Å². The normalized spacial score (nSPS) is 25.7. The highest BCUT2D eigenvalue weighted by molar-refractivity contribution is 5.69. The Hall–Kier alpha value is -1.27. The Kier molecular flexibility index (Phi) is 39.9. The molecule has 11 unspecified atom stereocenters. The molecule has 69 heavy (non-hydrogen) atoms. The number of aliphatic hydroxyl groups is 7. The lowest BCUT2D eigenvalue weighted by Gasteiger charge is -2.42. The molecule has 14 heteroatoms. The Morgan fingerprint density at radius 2 is 0.855 bits per heavy atom. The summed E-state index contributed by atoms with van der Waals surface area (Å²) in [5, 5.41) is 72.2. The van der Waals surface area contributed by atoms with E-state index in [1.807, 2.05) is 0 Å². The zero-order chi connectivity index (χ0) is 50.2. The largest absolute Gasteiger partial charge is 0.457 e. The summed E-state index contributed by atoms with van der Waals surface area (Å²) in [6, 6.07) is 0. The summed E-state index contributed by atoms with van der Waals surface area (Å²) in [4.78, 5) is 13.0. The Bertz CT molecular complexity index is 1190. The Morgan fingerprint density at radius 1 is 0.464 bits per heavy atom. The molecule has 7 N–H and O–H groups in total. The number of carbonyl (C=O) groups excluding carboxylic acids is 1. The molecule has 2 aliphatic heterocycles. The second kappa shape index (κ2) is 43.2. The molecular weight excluding hydrogens is 885 g/mol. The molecule has 14 nitrogen and oxygen atoms in total. The van der Waals surface area contributed by atoms with Gasteiger partial charge in [-0.2, -0.15) is 0 Å². The van der Waals surface area contributed by atoms with Gasteiger partial charge in [0.1, 0.15) is 54.9 Å². The molecule has 0 bridgehead atoms. The number of allylic oxidation sites excluding steroid dienone is 2. The molecule has 2 saturated heterocycles. The first kappa shape index (κ1) is 63.8. The summed E-state index contributed by atoms with van der Waals surface area (Å²) >= 11 is 0. The van der Waals surface area contributed by atoms with Crippen molar-refractivity contribution in [3.8, 4) is 0 Å². The molecular formula is C55H104O14. The smallest absolute Gasteiger partial charge is 0.306 e. The predicted molar refractivity (Wildman–Crippen MR) is 271 cm³/mol. The minimum Gasteiger partial charge on any atom is -0.457 e. The Morgan fingerprint density at radius 3 is 1.32 bits per heavy atom. The molecule has 0 saturated carbocycles. The molecule has 2 fully saturated rings. The predicted octanol–water partition coefficient (Wildman–Crippen LogP) is 9.41. The number of rotatable bonds is 46. The van der Waals surface area contributed by atoms with Crippen LogP contribution < -0.4 is 0 Å². The monoisotopic (exact) mass is 989 g/mol. The second-order valence-electron chi connectivity index (χ2n) is 20.1. The molecule has 2 aliphatic rings. The van der Waals surface area contributed by atoms with Crippen molar-refractivity contribution >= 4 is 5.97 Å². The van der Waals surface area contributed by atoms with E-state index in [-0.39, 0.29) is 25.6 Å². The van der Waals surface area contributed by atoms with Crippen LogP contribution in [0, 0.1) is 0 Å². The summed E-state index contributed by atoms with van der Waals surface area (Å²) < 4.78 is 34.4. The quantitative estimate of drug-likeness (QED) is 0.0172. The van der Waals surface area contributed by atoms with Crippen LogP contribution in [0.3, 0.4) is 0 Å². The lowest BCUT2D eigenvalue weighted by molar-refractivity contribution is -0.332. The second-order valence-corrected chi connectivity index (χ2v) is 20.1. The minimum absolute atomic E-state index is 0.0653. The van der Waals surface area contributed by atoms with Crippen LogP contribution in [0.5, 0.6) is 0 Å². The zero-order valence-electron chi connectivity index (χ0n) is 43.6. The molecule has 0 radical (unpaired) electrons. The lowest BCUT2D eigenvalue weighted by Crippen LogP contribution is -2.61. The van der Waals surface area contributed by atoms with E-state index in [1.165, 1.54) is 167 Å². The molecule has 0 amide bonds. The van der Waals surface area contributed by atoms with Crippen molar-refractivity contribution in [1.29, 1.82) is 0 Å². The summed E-state index contributed by atoms with van der Waals surface area (Å²) in [6.45, 7) is 3.73. The topological polar surface area (TPSA) is 214 Å². The minimum atomic E-state index is -1.70. The van der Waals surface area contributed by atoms with Crippen molar-refractivity contribution in [1.82, 2.24) is 0 Å². The molecule has 0 aromatic rings. The van der Waals surface area contributed by atoms with Crippen LogP contribution in [0.25, 0.3) is 0 Å². The highest BCUT2D eigenvalue weighted by Crippen LogP contribution is 2.27. The maximum absolute atomic E-state index is 13.0. The van der Waals surface area contributed by atoms with E-state index in [0.717, 1.165) is 38.5 Å². The number of carbonyl (C=O) groups is 1. The van der Waals surface area contributed by atoms with Crippen molar-refractivity contribution in [3.63, 3.8) is 0 Å². The number of hydrogen-bond donors (Lipinski definition) is 7. The fourth-order valence-electron chi connectivity index (χ4n) is 9.16. The maximum atomic E-state index is 13.0. The fraction of sp³-hybridized carbons (Fsp3) is 0.945. The molecule has 0 aromatic heterocycles. The van der Waals surface area contributed by atoms with Crippen LogP contribution in [-0.4, -0.2) is 142 Å². The van der Waals surface area contributed by atoms with E-state index >= 15 is 0 Å². The van der Waals surface area contributed by atoms with E-state index in [0.29, 0.717) is 13.0 Å². The van der Waals surface area contributed by atoms with Crippen molar-refractivity contribution in [2.75, 3.05) is 33.0 Å². The van der Waals surface area contributed by atoms with Crippen molar-refractivity contribution in [3.05, 3.63) is 12.2 Å². The molecule has 2 rings (SSSR count). The molecule has 0 spiro atoms. The van der Waals surface area contributed by atoms with Gasteiger partial charge in [0.15, 0.2) is 12.6 Å². The Balaban J connectivity index is 1.73. The highest BCUT2D eigenvalue weighted by atomic mass is 16.7. The Labute approximate surface area is 418 Å². The van der Waals surface area contributed by atoms with Crippen LogP contribution in [-0.2, 0) is 33.2 Å². The molecule has 2 heterocycles. The third kappa shape index (κ3) is 30.5. The lowest BCUT2D eigenvalue weighted by atomic mass is 9.98. The van der Waals surface area contributed by atoms with Crippen LogP contribution in [0.15, 0.2) is 12.2 Å². The molecule has 408 valence electrons. The van der Waals surface area contributed by atoms with E-state index in [1.54, 1.807) is 0 Å². The van der Waals surface area contributed by atoms with E-state index in [4.69, 9.17) is 28.4 Å². The van der Waals surface area contributed by atoms with Crippen LogP contribution in [0.2, 0.25) is 0 Å². The van der Waals surface area contributed by atoms with Gasteiger partial charge in [0.05, 0.1) is 26.4 Å². The number of hydrogen-bond acceptors (Lipinski definition) is 14. The highest BCUT2D eigenvalue weighted by Gasteiger charge is 2.47.